The summed E-state index contributed by atoms with van der Waals surface area (Å²) < 4.78 is 13.2. The first kappa shape index (κ1) is 17.9. The van der Waals surface area contributed by atoms with Crippen molar-refractivity contribution in [3.63, 3.8) is 0 Å². The van der Waals surface area contributed by atoms with E-state index in [-0.39, 0.29) is 36.9 Å². The number of benzene rings is 2. The highest BCUT2D eigenvalue weighted by Crippen LogP contribution is 2.37. The van der Waals surface area contributed by atoms with Gasteiger partial charge in [0.05, 0.1) is 12.6 Å². The Bertz CT molecular complexity index is 590. The maximum Gasteiger partial charge on any atom is 0.123 e. The largest absolute Gasteiger partial charge is 0.394 e. The summed E-state index contributed by atoms with van der Waals surface area (Å²) in [6, 6.07) is 17.2. The zero-order valence-electron chi connectivity index (χ0n) is 13.1. The van der Waals surface area contributed by atoms with Crippen molar-refractivity contribution in [1.82, 2.24) is 4.90 Å². The zero-order chi connectivity index (χ0) is 15.4. The van der Waals surface area contributed by atoms with Gasteiger partial charge in [-0.05, 0) is 42.6 Å². The molecule has 1 aliphatic rings. The van der Waals surface area contributed by atoms with Crippen LogP contribution in [0.15, 0.2) is 54.6 Å². The van der Waals surface area contributed by atoms with Crippen molar-refractivity contribution in [2.24, 2.45) is 0 Å². The van der Waals surface area contributed by atoms with E-state index < -0.39 is 0 Å². The number of aliphatic hydroxyl groups excluding tert-OH is 1. The van der Waals surface area contributed by atoms with Crippen LogP contribution in [0.1, 0.15) is 42.5 Å². The second kappa shape index (κ2) is 8.44. The first-order chi connectivity index (χ1) is 10.8. The molecule has 0 unspecified atom stereocenters. The predicted molar refractivity (Wildman–Crippen MR) is 93.2 cm³/mol. The van der Waals surface area contributed by atoms with Crippen LogP contribution in [0.2, 0.25) is 0 Å². The van der Waals surface area contributed by atoms with Crippen LogP contribution in [0.5, 0.6) is 0 Å². The molecule has 2 aromatic carbocycles. The SMILES string of the molecule is Cl.OC[C@H](c1ccccc1)N1CCCC[C@@H]1c1ccc(F)cc1. The van der Waals surface area contributed by atoms with Gasteiger partial charge in [-0.15, -0.1) is 12.4 Å². The summed E-state index contributed by atoms with van der Waals surface area (Å²) in [5, 5.41) is 9.94. The van der Waals surface area contributed by atoms with E-state index in [1.807, 2.05) is 30.3 Å². The van der Waals surface area contributed by atoms with Crippen LogP contribution in [-0.2, 0) is 0 Å². The third kappa shape index (κ3) is 4.11. The van der Waals surface area contributed by atoms with E-state index in [1.54, 1.807) is 0 Å². The molecule has 0 radical (unpaired) electrons. The smallest absolute Gasteiger partial charge is 0.123 e. The van der Waals surface area contributed by atoms with Gasteiger partial charge in [-0.2, -0.15) is 0 Å². The van der Waals surface area contributed by atoms with Crippen LogP contribution in [0.3, 0.4) is 0 Å². The Labute approximate surface area is 143 Å². The summed E-state index contributed by atoms with van der Waals surface area (Å²) in [5.74, 6) is -0.201. The molecule has 1 saturated heterocycles. The lowest BCUT2D eigenvalue weighted by Gasteiger charge is -2.41. The molecule has 0 saturated carbocycles. The summed E-state index contributed by atoms with van der Waals surface area (Å²) >= 11 is 0. The van der Waals surface area contributed by atoms with Gasteiger partial charge in [0.1, 0.15) is 5.82 Å². The third-order valence-corrected chi connectivity index (χ3v) is 4.56. The van der Waals surface area contributed by atoms with Crippen molar-refractivity contribution < 1.29 is 9.50 Å². The molecule has 2 atom stereocenters. The number of aliphatic hydroxyl groups is 1. The van der Waals surface area contributed by atoms with Crippen LogP contribution in [-0.4, -0.2) is 23.2 Å². The van der Waals surface area contributed by atoms with E-state index in [0.29, 0.717) is 0 Å². The first-order valence-corrected chi connectivity index (χ1v) is 7.96. The lowest BCUT2D eigenvalue weighted by molar-refractivity contribution is 0.0558. The Morgan fingerprint density at radius 1 is 1.04 bits per heavy atom. The van der Waals surface area contributed by atoms with Gasteiger partial charge in [-0.25, -0.2) is 4.39 Å². The summed E-state index contributed by atoms with van der Waals surface area (Å²) in [4.78, 5) is 2.37. The monoisotopic (exact) mass is 335 g/mol. The maximum atomic E-state index is 13.2. The minimum atomic E-state index is -0.201. The van der Waals surface area contributed by atoms with Crippen molar-refractivity contribution in [2.45, 2.75) is 31.3 Å². The minimum Gasteiger partial charge on any atom is -0.394 e. The summed E-state index contributed by atoms with van der Waals surface area (Å²) in [5.41, 5.74) is 2.27. The van der Waals surface area contributed by atoms with Crippen molar-refractivity contribution in [3.8, 4) is 0 Å². The molecule has 3 rings (SSSR count). The molecular formula is C19H23ClFNO. The van der Waals surface area contributed by atoms with Gasteiger partial charge in [0.15, 0.2) is 0 Å². The van der Waals surface area contributed by atoms with E-state index in [9.17, 15) is 9.50 Å². The topological polar surface area (TPSA) is 23.5 Å². The van der Waals surface area contributed by atoms with Crippen molar-refractivity contribution in [1.29, 1.82) is 0 Å². The molecule has 1 heterocycles. The predicted octanol–water partition coefficient (Wildman–Crippen LogP) is 4.51. The Morgan fingerprint density at radius 2 is 1.74 bits per heavy atom. The fourth-order valence-corrected chi connectivity index (χ4v) is 3.45. The van der Waals surface area contributed by atoms with Gasteiger partial charge in [-0.3, -0.25) is 4.90 Å². The summed E-state index contributed by atoms with van der Waals surface area (Å²) in [6.07, 6.45) is 3.36. The average molecular weight is 336 g/mol. The molecule has 1 fully saturated rings. The lowest BCUT2D eigenvalue weighted by Crippen LogP contribution is -2.38. The average Bonchev–Trinajstić information content (AvgIpc) is 2.58. The van der Waals surface area contributed by atoms with Crippen molar-refractivity contribution >= 4 is 12.4 Å². The number of rotatable bonds is 4. The number of nitrogens with zero attached hydrogens (tertiary/aromatic N) is 1. The van der Waals surface area contributed by atoms with Crippen LogP contribution in [0.4, 0.5) is 4.39 Å². The van der Waals surface area contributed by atoms with Crippen molar-refractivity contribution in [3.05, 3.63) is 71.5 Å². The fourth-order valence-electron chi connectivity index (χ4n) is 3.45. The van der Waals surface area contributed by atoms with Gasteiger partial charge < -0.3 is 5.11 Å². The Kier molecular flexibility index (Phi) is 6.58. The van der Waals surface area contributed by atoms with E-state index in [0.717, 1.165) is 30.5 Å². The summed E-state index contributed by atoms with van der Waals surface area (Å²) in [6.45, 7) is 1.06. The molecule has 4 heteroatoms. The van der Waals surface area contributed by atoms with E-state index >= 15 is 0 Å². The minimum absolute atomic E-state index is 0. The standard InChI is InChI=1S/C19H22FNO.ClH/c20-17-11-9-16(10-12-17)18-8-4-5-13-21(18)19(14-22)15-6-2-1-3-7-15;/h1-3,6-7,9-12,18-19,22H,4-5,8,13-14H2;1H/t18-,19-;/m1./s1. The Balaban J connectivity index is 0.00000192. The second-order valence-electron chi connectivity index (χ2n) is 5.91. The molecule has 0 aromatic heterocycles. The summed E-state index contributed by atoms with van der Waals surface area (Å²) in [7, 11) is 0. The van der Waals surface area contributed by atoms with Gasteiger partial charge in [0, 0.05) is 6.04 Å². The molecule has 2 aromatic rings. The Hall–Kier alpha value is -1.42. The third-order valence-electron chi connectivity index (χ3n) is 4.56. The molecule has 0 bridgehead atoms. The van der Waals surface area contributed by atoms with Gasteiger partial charge in [0.25, 0.3) is 0 Å². The van der Waals surface area contributed by atoms with E-state index in [4.69, 9.17) is 0 Å². The first-order valence-electron chi connectivity index (χ1n) is 7.96. The number of hydrogen-bond donors (Lipinski definition) is 1. The number of piperidine rings is 1. The molecule has 2 nitrogen and oxygen atoms in total. The zero-order valence-corrected chi connectivity index (χ0v) is 13.9. The molecule has 23 heavy (non-hydrogen) atoms. The van der Waals surface area contributed by atoms with Crippen LogP contribution in [0.25, 0.3) is 0 Å². The van der Waals surface area contributed by atoms with Crippen molar-refractivity contribution in [2.75, 3.05) is 13.2 Å². The highest BCUT2D eigenvalue weighted by atomic mass is 35.5. The van der Waals surface area contributed by atoms with Gasteiger partial charge in [-0.1, -0.05) is 48.9 Å². The number of likely N-dealkylation sites (tertiary alicyclic amines) is 1. The molecule has 1 N–H and O–H groups in total. The fraction of sp³-hybridized carbons (Fsp3) is 0.368. The molecule has 1 aliphatic heterocycles. The second-order valence-corrected chi connectivity index (χ2v) is 5.91. The van der Waals surface area contributed by atoms with Crippen LogP contribution < -0.4 is 0 Å². The quantitative estimate of drug-likeness (QED) is 0.888. The van der Waals surface area contributed by atoms with Gasteiger partial charge in [0.2, 0.25) is 0 Å². The molecule has 124 valence electrons. The van der Waals surface area contributed by atoms with E-state index in [1.165, 1.54) is 18.6 Å². The molecular weight excluding hydrogens is 313 g/mol. The molecule has 0 amide bonds. The number of halogens is 2. The highest BCUT2D eigenvalue weighted by molar-refractivity contribution is 5.85. The normalized spacial score (nSPS) is 19.8. The highest BCUT2D eigenvalue weighted by Gasteiger charge is 2.30. The Morgan fingerprint density at radius 3 is 2.39 bits per heavy atom. The van der Waals surface area contributed by atoms with Crippen LogP contribution >= 0.6 is 12.4 Å². The van der Waals surface area contributed by atoms with Gasteiger partial charge >= 0.3 is 0 Å². The van der Waals surface area contributed by atoms with E-state index in [2.05, 4.69) is 17.0 Å². The lowest BCUT2D eigenvalue weighted by atomic mass is 9.92. The molecule has 0 spiro atoms. The van der Waals surface area contributed by atoms with Crippen LogP contribution in [0, 0.1) is 5.82 Å². The molecule has 0 aliphatic carbocycles. The number of hydrogen-bond acceptors (Lipinski definition) is 2. The maximum absolute atomic E-state index is 13.2.